The Kier molecular flexibility index (Phi) is 4.66. The normalized spacial score (nSPS) is 38.0. The van der Waals surface area contributed by atoms with Crippen molar-refractivity contribution in [2.24, 2.45) is 17.3 Å². The van der Waals surface area contributed by atoms with Crippen LogP contribution >= 0.6 is 11.8 Å². The van der Waals surface area contributed by atoms with Crippen molar-refractivity contribution >= 4 is 11.8 Å². The van der Waals surface area contributed by atoms with Crippen LogP contribution in [0.1, 0.15) is 58.8 Å². The van der Waals surface area contributed by atoms with Gasteiger partial charge >= 0.3 is 0 Å². The Labute approximate surface area is 139 Å². The molecule has 0 saturated heterocycles. The van der Waals surface area contributed by atoms with E-state index in [1.165, 1.54) is 44.1 Å². The standard InChI is InChI=1S/C19H31NOS/c1-12(21)17-14-11-19(2,3)10-9-16(14)22-18(17)13-7-5-6-8-15(13)20-4/h13,15,17-18,20-21H,1,5-11H2,2-4H3. The number of rotatable bonds is 3. The zero-order chi connectivity index (χ0) is 15.9. The molecule has 3 rings (SSSR count). The molecular formula is C19H31NOS. The van der Waals surface area contributed by atoms with E-state index < -0.39 is 0 Å². The molecule has 3 heteroatoms. The maximum atomic E-state index is 10.4. The minimum Gasteiger partial charge on any atom is -0.512 e. The Morgan fingerprint density at radius 2 is 2.05 bits per heavy atom. The van der Waals surface area contributed by atoms with Crippen molar-refractivity contribution in [2.45, 2.75) is 70.1 Å². The first kappa shape index (κ1) is 16.4. The van der Waals surface area contributed by atoms with Gasteiger partial charge in [0.25, 0.3) is 0 Å². The number of aliphatic hydroxyl groups is 1. The Balaban J connectivity index is 1.86. The predicted molar refractivity (Wildman–Crippen MR) is 96.1 cm³/mol. The lowest BCUT2D eigenvalue weighted by Crippen LogP contribution is -2.43. The molecule has 1 heterocycles. The van der Waals surface area contributed by atoms with Crippen LogP contribution in [0.25, 0.3) is 0 Å². The molecule has 4 atom stereocenters. The second-order valence-corrected chi connectivity index (χ2v) is 9.46. The minimum absolute atomic E-state index is 0.193. The maximum Gasteiger partial charge on any atom is 0.0934 e. The first-order valence-electron chi connectivity index (χ1n) is 8.86. The lowest BCUT2D eigenvalue weighted by atomic mass is 9.70. The third-order valence-electron chi connectivity index (χ3n) is 6.01. The average molecular weight is 322 g/mol. The molecular weight excluding hydrogens is 290 g/mol. The molecule has 1 saturated carbocycles. The summed E-state index contributed by atoms with van der Waals surface area (Å²) in [7, 11) is 2.10. The number of thioether (sulfide) groups is 1. The third kappa shape index (κ3) is 2.99. The summed E-state index contributed by atoms with van der Waals surface area (Å²) in [5.74, 6) is 1.26. The molecule has 1 fully saturated rings. The van der Waals surface area contributed by atoms with Gasteiger partial charge in [-0.1, -0.05) is 33.3 Å². The van der Waals surface area contributed by atoms with Crippen LogP contribution in [0.15, 0.2) is 22.8 Å². The van der Waals surface area contributed by atoms with Gasteiger partial charge in [0.2, 0.25) is 0 Å². The molecule has 0 spiro atoms. The van der Waals surface area contributed by atoms with Gasteiger partial charge in [-0.15, -0.1) is 11.8 Å². The van der Waals surface area contributed by atoms with E-state index in [0.717, 1.165) is 6.42 Å². The highest BCUT2D eigenvalue weighted by Gasteiger charge is 2.46. The second-order valence-electron chi connectivity index (χ2n) is 8.18. The van der Waals surface area contributed by atoms with E-state index >= 15 is 0 Å². The number of hydrogen-bond donors (Lipinski definition) is 2. The zero-order valence-electron chi connectivity index (χ0n) is 14.3. The Morgan fingerprint density at radius 1 is 1.32 bits per heavy atom. The predicted octanol–water partition coefficient (Wildman–Crippen LogP) is 5.03. The van der Waals surface area contributed by atoms with Gasteiger partial charge in [0, 0.05) is 11.3 Å². The highest BCUT2D eigenvalue weighted by molar-refractivity contribution is 8.04. The van der Waals surface area contributed by atoms with Crippen LogP contribution in [-0.4, -0.2) is 23.4 Å². The van der Waals surface area contributed by atoms with Crippen molar-refractivity contribution < 1.29 is 5.11 Å². The summed E-state index contributed by atoms with van der Waals surface area (Å²) in [4.78, 5) is 1.57. The minimum atomic E-state index is 0.193. The van der Waals surface area contributed by atoms with E-state index in [2.05, 4.69) is 44.6 Å². The first-order chi connectivity index (χ1) is 10.4. The van der Waals surface area contributed by atoms with Gasteiger partial charge in [-0.05, 0) is 61.0 Å². The molecule has 3 aliphatic rings. The van der Waals surface area contributed by atoms with Crippen molar-refractivity contribution in [2.75, 3.05) is 7.05 Å². The smallest absolute Gasteiger partial charge is 0.0934 e. The summed E-state index contributed by atoms with van der Waals surface area (Å²) in [5.41, 5.74) is 1.89. The van der Waals surface area contributed by atoms with Crippen molar-refractivity contribution in [3.8, 4) is 0 Å². The number of aliphatic hydroxyl groups excluding tert-OH is 1. The third-order valence-corrected chi connectivity index (χ3v) is 7.65. The summed E-state index contributed by atoms with van der Waals surface area (Å²) >= 11 is 2.08. The van der Waals surface area contributed by atoms with Gasteiger partial charge < -0.3 is 10.4 Å². The molecule has 0 aromatic carbocycles. The molecule has 0 amide bonds. The molecule has 4 unspecified atom stereocenters. The van der Waals surface area contributed by atoms with Crippen molar-refractivity contribution in [3.05, 3.63) is 22.8 Å². The fraction of sp³-hybridized carbons (Fsp3) is 0.789. The molecule has 0 aromatic heterocycles. The van der Waals surface area contributed by atoms with Crippen LogP contribution in [0.2, 0.25) is 0 Å². The fourth-order valence-electron chi connectivity index (χ4n) is 4.80. The number of hydrogen-bond acceptors (Lipinski definition) is 3. The summed E-state index contributed by atoms with van der Waals surface area (Å²) in [6.45, 7) is 8.69. The van der Waals surface area contributed by atoms with E-state index in [1.54, 1.807) is 4.91 Å². The van der Waals surface area contributed by atoms with Crippen LogP contribution in [0, 0.1) is 17.3 Å². The van der Waals surface area contributed by atoms with Gasteiger partial charge in [-0.2, -0.15) is 0 Å². The quantitative estimate of drug-likeness (QED) is 0.715. The Morgan fingerprint density at radius 3 is 2.73 bits per heavy atom. The van der Waals surface area contributed by atoms with Crippen LogP contribution in [0.5, 0.6) is 0 Å². The molecule has 0 bridgehead atoms. The van der Waals surface area contributed by atoms with Crippen molar-refractivity contribution in [3.63, 3.8) is 0 Å². The zero-order valence-corrected chi connectivity index (χ0v) is 15.1. The number of nitrogens with one attached hydrogen (secondary N) is 1. The molecule has 2 N–H and O–H groups in total. The van der Waals surface area contributed by atoms with Crippen LogP contribution in [0.4, 0.5) is 0 Å². The van der Waals surface area contributed by atoms with Crippen LogP contribution in [0.3, 0.4) is 0 Å². The van der Waals surface area contributed by atoms with Crippen molar-refractivity contribution in [1.82, 2.24) is 5.32 Å². The molecule has 2 aliphatic carbocycles. The SMILES string of the molecule is C=C(O)C1C2=C(CCC(C)(C)C2)SC1C1CCCCC1NC. The highest BCUT2D eigenvalue weighted by Crippen LogP contribution is 2.57. The van der Waals surface area contributed by atoms with Gasteiger partial charge in [-0.3, -0.25) is 0 Å². The second kappa shape index (κ2) is 6.24. The summed E-state index contributed by atoms with van der Waals surface area (Å²) in [5, 5.41) is 14.4. The topological polar surface area (TPSA) is 32.3 Å². The van der Waals surface area contributed by atoms with Crippen molar-refractivity contribution in [1.29, 1.82) is 0 Å². The molecule has 2 nitrogen and oxygen atoms in total. The largest absolute Gasteiger partial charge is 0.512 e. The van der Waals surface area contributed by atoms with E-state index in [4.69, 9.17) is 0 Å². The monoisotopic (exact) mass is 321 g/mol. The Bertz CT molecular complexity index is 482. The van der Waals surface area contributed by atoms with Gasteiger partial charge in [0.15, 0.2) is 0 Å². The number of allylic oxidation sites excluding steroid dienone is 2. The molecule has 0 aromatic rings. The van der Waals surface area contributed by atoms with Gasteiger partial charge in [0.1, 0.15) is 0 Å². The maximum absolute atomic E-state index is 10.4. The van der Waals surface area contributed by atoms with Crippen LogP contribution < -0.4 is 5.32 Å². The fourth-order valence-corrected chi connectivity index (χ4v) is 6.66. The average Bonchev–Trinajstić information content (AvgIpc) is 2.84. The highest BCUT2D eigenvalue weighted by atomic mass is 32.2. The molecule has 124 valence electrons. The summed E-state index contributed by atoms with van der Waals surface area (Å²) < 4.78 is 0. The Hall–Kier alpha value is -0.410. The van der Waals surface area contributed by atoms with E-state index in [1.807, 2.05) is 0 Å². The van der Waals surface area contributed by atoms with Crippen LogP contribution in [-0.2, 0) is 0 Å². The molecule has 0 radical (unpaired) electrons. The van der Waals surface area contributed by atoms with E-state index in [9.17, 15) is 5.11 Å². The lowest BCUT2D eigenvalue weighted by Gasteiger charge is -2.38. The van der Waals surface area contributed by atoms with E-state index in [0.29, 0.717) is 28.4 Å². The first-order valence-corrected chi connectivity index (χ1v) is 9.74. The van der Waals surface area contributed by atoms with E-state index in [-0.39, 0.29) is 5.92 Å². The lowest BCUT2D eigenvalue weighted by molar-refractivity contribution is 0.226. The van der Waals surface area contributed by atoms with Gasteiger partial charge in [0.05, 0.1) is 11.7 Å². The summed E-state index contributed by atoms with van der Waals surface area (Å²) in [6.07, 6.45) is 8.84. The summed E-state index contributed by atoms with van der Waals surface area (Å²) in [6, 6.07) is 0.600. The molecule has 22 heavy (non-hydrogen) atoms. The molecule has 1 aliphatic heterocycles. The van der Waals surface area contributed by atoms with Gasteiger partial charge in [-0.25, -0.2) is 0 Å².